The maximum atomic E-state index is 10.5. The van der Waals surface area contributed by atoms with Gasteiger partial charge in [0.2, 0.25) is 0 Å². The molecule has 1 aromatic heterocycles. The van der Waals surface area contributed by atoms with E-state index in [-0.39, 0.29) is 10.6 Å². The van der Waals surface area contributed by atoms with E-state index in [1.807, 2.05) is 13.0 Å². The quantitative estimate of drug-likeness (QED) is 0.590. The largest absolute Gasteiger partial charge is 0.508 e. The number of phenols is 1. The average Bonchev–Trinajstić information content (AvgIpc) is 2.47. The van der Waals surface area contributed by atoms with Gasteiger partial charge in [-0.05, 0) is 43.3 Å². The Kier molecular flexibility index (Phi) is 4.83. The Balaban J connectivity index is 0.000000168. The SMILES string of the molecule is Cc1ccc(S(=O)(=O)O)cc1.Nc1ccc2ccc(O)cc2n1. The first-order chi connectivity index (χ1) is 10.8. The van der Waals surface area contributed by atoms with Crippen molar-refractivity contribution in [3.8, 4) is 5.75 Å². The van der Waals surface area contributed by atoms with Crippen LogP contribution < -0.4 is 5.73 Å². The van der Waals surface area contributed by atoms with E-state index in [9.17, 15) is 8.42 Å². The van der Waals surface area contributed by atoms with Gasteiger partial charge >= 0.3 is 0 Å². The van der Waals surface area contributed by atoms with Gasteiger partial charge in [-0.1, -0.05) is 17.7 Å². The van der Waals surface area contributed by atoms with Gasteiger partial charge in [-0.25, -0.2) is 4.98 Å². The number of hydrogen-bond donors (Lipinski definition) is 3. The summed E-state index contributed by atoms with van der Waals surface area (Å²) < 4.78 is 29.6. The molecule has 0 spiro atoms. The van der Waals surface area contributed by atoms with Crippen LogP contribution in [0.3, 0.4) is 0 Å². The van der Waals surface area contributed by atoms with Crippen LogP contribution in [0.4, 0.5) is 5.82 Å². The Hall–Kier alpha value is -2.64. The molecule has 7 heteroatoms. The van der Waals surface area contributed by atoms with E-state index in [2.05, 4.69) is 4.98 Å². The monoisotopic (exact) mass is 332 g/mol. The van der Waals surface area contributed by atoms with Gasteiger partial charge in [0.05, 0.1) is 10.4 Å². The highest BCUT2D eigenvalue weighted by Gasteiger charge is 2.06. The normalized spacial score (nSPS) is 10.9. The predicted octanol–water partition coefficient (Wildman–Crippen LogP) is 2.76. The van der Waals surface area contributed by atoms with Crippen LogP contribution in [-0.2, 0) is 10.1 Å². The van der Waals surface area contributed by atoms with E-state index >= 15 is 0 Å². The lowest BCUT2D eigenvalue weighted by atomic mass is 10.2. The number of phenolic OH excluding ortho intramolecular Hbond substituents is 1. The van der Waals surface area contributed by atoms with Crippen LogP contribution in [-0.4, -0.2) is 23.1 Å². The smallest absolute Gasteiger partial charge is 0.294 e. The topological polar surface area (TPSA) is 114 Å². The summed E-state index contributed by atoms with van der Waals surface area (Å²) in [6.45, 7) is 1.84. The van der Waals surface area contributed by atoms with Gasteiger partial charge in [-0.3, -0.25) is 4.55 Å². The predicted molar refractivity (Wildman–Crippen MR) is 88.8 cm³/mol. The number of nitrogens with zero attached hydrogens (tertiary/aromatic N) is 1. The molecule has 0 radical (unpaired) electrons. The summed E-state index contributed by atoms with van der Waals surface area (Å²) in [6.07, 6.45) is 0. The highest BCUT2D eigenvalue weighted by atomic mass is 32.2. The Labute approximate surface area is 134 Å². The number of aryl methyl sites for hydroxylation is 1. The molecule has 1 heterocycles. The van der Waals surface area contributed by atoms with E-state index in [0.29, 0.717) is 5.82 Å². The number of nitrogen functional groups attached to an aromatic ring is 1. The molecule has 0 saturated heterocycles. The summed E-state index contributed by atoms with van der Waals surface area (Å²) >= 11 is 0. The molecule has 0 unspecified atom stereocenters. The van der Waals surface area contributed by atoms with E-state index in [4.69, 9.17) is 15.4 Å². The minimum atomic E-state index is -4.02. The lowest BCUT2D eigenvalue weighted by Crippen LogP contribution is -1.96. The lowest BCUT2D eigenvalue weighted by Gasteiger charge is -1.98. The molecule has 0 fully saturated rings. The van der Waals surface area contributed by atoms with E-state index in [1.165, 1.54) is 12.1 Å². The molecule has 0 bridgehead atoms. The fraction of sp³-hybridized carbons (Fsp3) is 0.0625. The molecule has 0 aliphatic rings. The van der Waals surface area contributed by atoms with Gasteiger partial charge in [0, 0.05) is 11.5 Å². The summed E-state index contributed by atoms with van der Waals surface area (Å²) in [6, 6.07) is 14.6. The second-order valence-electron chi connectivity index (χ2n) is 4.90. The molecule has 0 aliphatic carbocycles. The minimum Gasteiger partial charge on any atom is -0.508 e. The number of rotatable bonds is 1. The number of aromatic nitrogens is 1. The molecule has 0 amide bonds. The first-order valence-corrected chi connectivity index (χ1v) is 8.09. The Morgan fingerprint density at radius 1 is 1.00 bits per heavy atom. The fourth-order valence-corrected chi connectivity index (χ4v) is 2.31. The zero-order valence-corrected chi connectivity index (χ0v) is 13.2. The molecule has 4 N–H and O–H groups in total. The Morgan fingerprint density at radius 3 is 2.22 bits per heavy atom. The molecule has 120 valence electrons. The van der Waals surface area contributed by atoms with Crippen LogP contribution in [0.2, 0.25) is 0 Å². The number of benzene rings is 2. The summed E-state index contributed by atoms with van der Waals surface area (Å²) in [7, 11) is -4.02. The number of pyridine rings is 1. The maximum absolute atomic E-state index is 10.5. The van der Waals surface area contributed by atoms with Gasteiger partial charge in [0.1, 0.15) is 11.6 Å². The molecule has 0 atom stereocenters. The molecule has 0 saturated carbocycles. The molecule has 6 nitrogen and oxygen atoms in total. The van der Waals surface area contributed by atoms with Crippen molar-refractivity contribution in [1.82, 2.24) is 4.98 Å². The molecular weight excluding hydrogens is 316 g/mol. The summed E-state index contributed by atoms with van der Waals surface area (Å²) in [5.74, 6) is 0.675. The van der Waals surface area contributed by atoms with Crippen LogP contribution >= 0.6 is 0 Å². The van der Waals surface area contributed by atoms with E-state index in [0.717, 1.165) is 16.5 Å². The zero-order chi connectivity index (χ0) is 17.0. The molecule has 2 aromatic carbocycles. The molecule has 3 aromatic rings. The minimum absolute atomic E-state index is 0.0666. The fourth-order valence-electron chi connectivity index (χ4n) is 1.83. The lowest BCUT2D eigenvalue weighted by molar-refractivity contribution is 0.476. The van der Waals surface area contributed by atoms with Gasteiger partial charge in [0.15, 0.2) is 0 Å². The van der Waals surface area contributed by atoms with Crippen molar-refractivity contribution in [3.63, 3.8) is 0 Å². The van der Waals surface area contributed by atoms with Crippen molar-refractivity contribution in [2.75, 3.05) is 5.73 Å². The highest BCUT2D eigenvalue weighted by Crippen LogP contribution is 2.18. The van der Waals surface area contributed by atoms with Crippen molar-refractivity contribution < 1.29 is 18.1 Å². The second kappa shape index (κ2) is 6.64. The van der Waals surface area contributed by atoms with Gasteiger partial charge < -0.3 is 10.8 Å². The standard InChI is InChI=1S/C9H8N2O.C7H8O3S/c10-9-4-2-6-1-3-7(12)5-8(6)11-9;1-6-2-4-7(5-3-6)11(8,9)10/h1-5,12H,(H2,10,11);2-5H,1H3,(H,8,9,10). The third-order valence-corrected chi connectivity index (χ3v) is 3.88. The Bertz CT molecular complexity index is 886. The summed E-state index contributed by atoms with van der Waals surface area (Å²) in [5, 5.41) is 10.1. The number of anilines is 1. The van der Waals surface area contributed by atoms with Crippen molar-refractivity contribution in [2.45, 2.75) is 11.8 Å². The molecule has 0 aliphatic heterocycles. The van der Waals surface area contributed by atoms with Crippen LogP contribution in [0, 0.1) is 6.92 Å². The van der Waals surface area contributed by atoms with E-state index < -0.39 is 10.1 Å². The molecule has 23 heavy (non-hydrogen) atoms. The Morgan fingerprint density at radius 2 is 1.61 bits per heavy atom. The van der Waals surface area contributed by atoms with Crippen molar-refractivity contribution >= 4 is 26.8 Å². The van der Waals surface area contributed by atoms with Crippen molar-refractivity contribution in [2.24, 2.45) is 0 Å². The first kappa shape index (κ1) is 16.7. The zero-order valence-electron chi connectivity index (χ0n) is 12.3. The number of hydrogen-bond acceptors (Lipinski definition) is 5. The summed E-state index contributed by atoms with van der Waals surface area (Å²) in [4.78, 5) is 3.99. The number of nitrogens with two attached hydrogens (primary N) is 1. The molecule has 3 rings (SSSR count). The number of fused-ring (bicyclic) bond motifs is 1. The third-order valence-electron chi connectivity index (χ3n) is 3.02. The van der Waals surface area contributed by atoms with Crippen molar-refractivity contribution in [1.29, 1.82) is 0 Å². The van der Waals surface area contributed by atoms with Crippen molar-refractivity contribution in [3.05, 3.63) is 60.2 Å². The van der Waals surface area contributed by atoms with Gasteiger partial charge in [-0.2, -0.15) is 8.42 Å². The first-order valence-electron chi connectivity index (χ1n) is 6.65. The van der Waals surface area contributed by atoms with Crippen LogP contribution in [0.5, 0.6) is 5.75 Å². The van der Waals surface area contributed by atoms with Crippen LogP contribution in [0.25, 0.3) is 10.9 Å². The van der Waals surface area contributed by atoms with Gasteiger partial charge in [-0.15, -0.1) is 0 Å². The van der Waals surface area contributed by atoms with Gasteiger partial charge in [0.25, 0.3) is 10.1 Å². The summed E-state index contributed by atoms with van der Waals surface area (Å²) in [5.41, 5.74) is 7.15. The maximum Gasteiger partial charge on any atom is 0.294 e. The number of aromatic hydroxyl groups is 1. The average molecular weight is 332 g/mol. The van der Waals surface area contributed by atoms with Crippen LogP contribution in [0.1, 0.15) is 5.56 Å². The highest BCUT2D eigenvalue weighted by molar-refractivity contribution is 7.85. The van der Waals surface area contributed by atoms with E-state index in [1.54, 1.807) is 36.4 Å². The third kappa shape index (κ3) is 4.67. The van der Waals surface area contributed by atoms with Crippen LogP contribution in [0.15, 0.2) is 59.5 Å². The molecular formula is C16H16N2O4S. The second-order valence-corrected chi connectivity index (χ2v) is 6.32.